The van der Waals surface area contributed by atoms with Crippen molar-refractivity contribution in [2.75, 3.05) is 34.8 Å². The molecule has 0 radical (unpaired) electrons. The van der Waals surface area contributed by atoms with Gasteiger partial charge >= 0.3 is 0 Å². The van der Waals surface area contributed by atoms with E-state index in [4.69, 9.17) is 4.74 Å². The molecule has 8 heteroatoms. The Morgan fingerprint density at radius 2 is 2.25 bits per heavy atom. The van der Waals surface area contributed by atoms with Crippen molar-refractivity contribution in [3.8, 4) is 5.75 Å². The maximum Gasteiger partial charge on any atom is 0.161 e. The van der Waals surface area contributed by atoms with Crippen molar-refractivity contribution >= 4 is 11.7 Å². The van der Waals surface area contributed by atoms with E-state index in [0.29, 0.717) is 0 Å². The summed E-state index contributed by atoms with van der Waals surface area (Å²) in [6.07, 6.45) is 3.52. The number of aromatic nitrogens is 4. The molecular weight excluding hydrogens is 276 g/mol. The first-order valence-corrected chi connectivity index (χ1v) is 7.09. The predicted octanol–water partition coefficient (Wildman–Crippen LogP) is 0.614. The van der Waals surface area contributed by atoms with E-state index in [0.717, 1.165) is 30.2 Å². The largest absolute Gasteiger partial charge is 0.493 e. The summed E-state index contributed by atoms with van der Waals surface area (Å²) < 4.78 is 15.8. The first-order chi connectivity index (χ1) is 9.67. The maximum absolute atomic E-state index is 5.43. The molecule has 1 N–H and O–H groups in total. The molecule has 1 unspecified atom stereocenters. The molecule has 0 spiro atoms. The summed E-state index contributed by atoms with van der Waals surface area (Å²) in [5.74, 6) is 0.760. The highest BCUT2D eigenvalue weighted by molar-refractivity contribution is 6.99. The third kappa shape index (κ3) is 3.14. The van der Waals surface area contributed by atoms with Crippen LogP contribution in [0.15, 0.2) is 12.4 Å². The van der Waals surface area contributed by atoms with Crippen LogP contribution in [-0.2, 0) is 6.54 Å². The normalized spacial score (nSPS) is 12.8. The fourth-order valence-electron chi connectivity index (χ4n) is 2.02. The lowest BCUT2D eigenvalue weighted by molar-refractivity contribution is 0.360. The van der Waals surface area contributed by atoms with Crippen molar-refractivity contribution in [1.29, 1.82) is 0 Å². The Bertz CT molecular complexity index is 524. The van der Waals surface area contributed by atoms with Crippen LogP contribution in [0.1, 0.15) is 17.4 Å². The van der Waals surface area contributed by atoms with Gasteiger partial charge in [0.1, 0.15) is 5.69 Å². The van der Waals surface area contributed by atoms with Crippen molar-refractivity contribution in [3.05, 3.63) is 23.8 Å². The Hall–Kier alpha value is -1.51. The smallest absolute Gasteiger partial charge is 0.161 e. The van der Waals surface area contributed by atoms with Crippen molar-refractivity contribution in [2.45, 2.75) is 12.6 Å². The number of methoxy groups -OCH3 is 1. The molecule has 0 aromatic carbocycles. The molecule has 1 atom stereocenters. The SMILES string of the molecule is CNC(c1cnsn1)c1c(OC)cnn1CCN(C)C. The summed E-state index contributed by atoms with van der Waals surface area (Å²) in [5, 5.41) is 7.68. The average molecular weight is 296 g/mol. The fourth-order valence-corrected chi connectivity index (χ4v) is 2.47. The third-order valence-electron chi connectivity index (χ3n) is 3.06. The molecule has 2 aromatic rings. The van der Waals surface area contributed by atoms with Gasteiger partial charge in [-0.25, -0.2) is 0 Å². The Kier molecular flexibility index (Phi) is 5.05. The van der Waals surface area contributed by atoms with Crippen molar-refractivity contribution in [3.63, 3.8) is 0 Å². The number of rotatable bonds is 7. The van der Waals surface area contributed by atoms with E-state index in [9.17, 15) is 0 Å². The van der Waals surface area contributed by atoms with E-state index in [2.05, 4.69) is 24.1 Å². The van der Waals surface area contributed by atoms with Crippen LogP contribution in [0.2, 0.25) is 0 Å². The molecule has 0 bridgehead atoms. The minimum Gasteiger partial charge on any atom is -0.493 e. The van der Waals surface area contributed by atoms with Gasteiger partial charge in [0, 0.05) is 6.54 Å². The Labute approximate surface area is 122 Å². The highest BCUT2D eigenvalue weighted by Gasteiger charge is 2.24. The Morgan fingerprint density at radius 1 is 1.45 bits per heavy atom. The zero-order valence-electron chi connectivity index (χ0n) is 12.2. The van der Waals surface area contributed by atoms with Gasteiger partial charge in [0.15, 0.2) is 5.75 Å². The van der Waals surface area contributed by atoms with Gasteiger partial charge in [0.25, 0.3) is 0 Å². The fraction of sp³-hybridized carbons (Fsp3) is 0.583. The summed E-state index contributed by atoms with van der Waals surface area (Å²) in [4.78, 5) is 2.12. The lowest BCUT2D eigenvalue weighted by atomic mass is 10.1. The number of hydrogen-bond acceptors (Lipinski definition) is 7. The molecule has 2 rings (SSSR count). The first kappa shape index (κ1) is 14.9. The van der Waals surface area contributed by atoms with Crippen LogP contribution in [0.5, 0.6) is 5.75 Å². The number of hydrogen-bond donors (Lipinski definition) is 1. The third-order valence-corrected chi connectivity index (χ3v) is 3.55. The summed E-state index contributed by atoms with van der Waals surface area (Å²) in [6, 6.07) is -0.0756. The molecule has 0 fully saturated rings. The standard InChI is InChI=1S/C12H20N6OS/c1-13-11(9-7-15-20-16-9)12-10(19-4)8-14-18(12)6-5-17(2)3/h7-8,11,13H,5-6H2,1-4H3. The highest BCUT2D eigenvalue weighted by Crippen LogP contribution is 2.28. The summed E-state index contributed by atoms with van der Waals surface area (Å²) >= 11 is 1.20. The zero-order valence-corrected chi connectivity index (χ0v) is 13.0. The van der Waals surface area contributed by atoms with Crippen LogP contribution in [0.25, 0.3) is 0 Å². The van der Waals surface area contributed by atoms with E-state index < -0.39 is 0 Å². The molecule has 0 aliphatic heterocycles. The van der Waals surface area contributed by atoms with E-state index in [-0.39, 0.29) is 6.04 Å². The van der Waals surface area contributed by atoms with E-state index >= 15 is 0 Å². The first-order valence-electron chi connectivity index (χ1n) is 6.36. The molecule has 110 valence electrons. The lowest BCUT2D eigenvalue weighted by Crippen LogP contribution is -2.25. The molecule has 0 saturated carbocycles. The predicted molar refractivity (Wildman–Crippen MR) is 78.1 cm³/mol. The summed E-state index contributed by atoms with van der Waals surface area (Å²) in [5.41, 5.74) is 1.85. The molecule has 2 heterocycles. The second-order valence-corrected chi connectivity index (χ2v) is 5.24. The van der Waals surface area contributed by atoms with Gasteiger partial charge in [-0.3, -0.25) is 4.68 Å². The second-order valence-electron chi connectivity index (χ2n) is 4.68. The number of ether oxygens (including phenoxy) is 1. The summed E-state index contributed by atoms with van der Waals surface area (Å²) in [6.45, 7) is 1.70. The number of likely N-dealkylation sites (N-methyl/N-ethyl adjacent to an activating group) is 1. The zero-order chi connectivity index (χ0) is 14.5. The van der Waals surface area contributed by atoms with Crippen LogP contribution in [0.3, 0.4) is 0 Å². The maximum atomic E-state index is 5.43. The average Bonchev–Trinajstić information content (AvgIpc) is 3.07. The van der Waals surface area contributed by atoms with Crippen LogP contribution < -0.4 is 10.1 Å². The lowest BCUT2D eigenvalue weighted by Gasteiger charge is -2.18. The topological polar surface area (TPSA) is 68.1 Å². The Balaban J connectivity index is 2.34. The highest BCUT2D eigenvalue weighted by atomic mass is 32.1. The molecular formula is C12H20N6OS. The van der Waals surface area contributed by atoms with Gasteiger partial charge in [0.2, 0.25) is 0 Å². The van der Waals surface area contributed by atoms with Crippen molar-refractivity contribution < 1.29 is 4.74 Å². The molecule has 0 amide bonds. The number of nitrogens with one attached hydrogen (secondary N) is 1. The number of nitrogens with zero attached hydrogens (tertiary/aromatic N) is 5. The van der Waals surface area contributed by atoms with Gasteiger partial charge in [-0.1, -0.05) is 0 Å². The van der Waals surface area contributed by atoms with Crippen molar-refractivity contribution in [2.24, 2.45) is 0 Å². The van der Waals surface area contributed by atoms with Gasteiger partial charge in [-0.2, -0.15) is 13.8 Å². The second kappa shape index (κ2) is 6.78. The molecule has 7 nitrogen and oxygen atoms in total. The Morgan fingerprint density at radius 3 is 2.80 bits per heavy atom. The van der Waals surface area contributed by atoms with Gasteiger partial charge in [-0.15, -0.1) is 0 Å². The quantitative estimate of drug-likeness (QED) is 0.807. The van der Waals surface area contributed by atoms with Crippen LogP contribution in [-0.4, -0.2) is 58.2 Å². The van der Waals surface area contributed by atoms with E-state index in [1.807, 2.05) is 25.8 Å². The monoisotopic (exact) mass is 296 g/mol. The van der Waals surface area contributed by atoms with Gasteiger partial charge in [0.05, 0.1) is 49.5 Å². The minimum atomic E-state index is -0.0756. The van der Waals surface area contributed by atoms with E-state index in [1.165, 1.54) is 11.7 Å². The van der Waals surface area contributed by atoms with Crippen LogP contribution in [0, 0.1) is 0 Å². The molecule has 0 saturated heterocycles. The molecule has 0 aliphatic rings. The summed E-state index contributed by atoms with van der Waals surface area (Å²) in [7, 11) is 7.64. The van der Waals surface area contributed by atoms with Gasteiger partial charge < -0.3 is 15.0 Å². The van der Waals surface area contributed by atoms with Gasteiger partial charge in [-0.05, 0) is 21.1 Å². The molecule has 0 aliphatic carbocycles. The van der Waals surface area contributed by atoms with Crippen LogP contribution >= 0.6 is 11.7 Å². The minimum absolute atomic E-state index is 0.0756. The molecule has 20 heavy (non-hydrogen) atoms. The van der Waals surface area contributed by atoms with E-state index in [1.54, 1.807) is 19.5 Å². The van der Waals surface area contributed by atoms with Crippen molar-refractivity contribution in [1.82, 2.24) is 28.7 Å². The van der Waals surface area contributed by atoms with Crippen LogP contribution in [0.4, 0.5) is 0 Å². The molecule has 2 aromatic heterocycles.